The Balaban J connectivity index is 1.37. The summed E-state index contributed by atoms with van der Waals surface area (Å²) < 4.78 is 10.6. The third kappa shape index (κ3) is 4.32. The van der Waals surface area contributed by atoms with Gasteiger partial charge in [0, 0.05) is 36.7 Å². The molecule has 0 spiro atoms. The number of hydrogen-bond donors (Lipinski definition) is 2. The van der Waals surface area contributed by atoms with Crippen molar-refractivity contribution in [3.8, 4) is 17.1 Å². The molecule has 3 heterocycles. The van der Waals surface area contributed by atoms with Crippen LogP contribution in [-0.4, -0.2) is 57.8 Å². The number of aromatic nitrogens is 4. The average Bonchev–Trinajstić information content (AvgIpc) is 3.35. The fraction of sp³-hybridized carbons (Fsp3) is 0.316. The first kappa shape index (κ1) is 18.8. The zero-order valence-corrected chi connectivity index (χ0v) is 16.1. The second-order valence-corrected chi connectivity index (χ2v) is 6.80. The maximum Gasteiger partial charge on any atom is 0.319 e. The number of amides is 2. The van der Waals surface area contributed by atoms with Crippen LogP contribution in [0.3, 0.4) is 0 Å². The quantitative estimate of drug-likeness (QED) is 0.674. The van der Waals surface area contributed by atoms with Crippen LogP contribution >= 0.6 is 0 Å². The van der Waals surface area contributed by atoms with Gasteiger partial charge < -0.3 is 19.9 Å². The molecule has 2 amide bonds. The van der Waals surface area contributed by atoms with Crippen LogP contribution in [0.15, 0.2) is 47.5 Å². The van der Waals surface area contributed by atoms with E-state index >= 15 is 0 Å². The normalized spacial score (nSPS) is 19.1. The Hall–Kier alpha value is -3.53. The molecule has 2 atom stereocenters. The van der Waals surface area contributed by atoms with E-state index in [2.05, 4.69) is 35.6 Å². The molecule has 2 unspecified atom stereocenters. The van der Waals surface area contributed by atoms with Crippen molar-refractivity contribution >= 4 is 11.7 Å². The van der Waals surface area contributed by atoms with Gasteiger partial charge in [0.1, 0.15) is 12.1 Å². The number of methoxy groups -OCH3 is 1. The van der Waals surface area contributed by atoms with E-state index in [-0.39, 0.29) is 18.1 Å². The molecule has 4 rings (SSSR count). The molecule has 10 nitrogen and oxygen atoms in total. The van der Waals surface area contributed by atoms with Crippen LogP contribution in [0.1, 0.15) is 18.4 Å². The van der Waals surface area contributed by atoms with Crippen molar-refractivity contribution in [2.24, 2.45) is 0 Å². The molecule has 1 aromatic carbocycles. The van der Waals surface area contributed by atoms with Gasteiger partial charge in [0.15, 0.2) is 0 Å². The third-order valence-corrected chi connectivity index (χ3v) is 4.76. The van der Waals surface area contributed by atoms with Crippen molar-refractivity contribution in [1.82, 2.24) is 30.3 Å². The molecule has 0 radical (unpaired) electrons. The van der Waals surface area contributed by atoms with Gasteiger partial charge in [-0.3, -0.25) is 4.90 Å². The summed E-state index contributed by atoms with van der Waals surface area (Å²) in [5, 5.41) is 9.84. The fourth-order valence-corrected chi connectivity index (χ4v) is 3.35. The van der Waals surface area contributed by atoms with Gasteiger partial charge in [-0.2, -0.15) is 4.98 Å². The highest BCUT2D eigenvalue weighted by Crippen LogP contribution is 2.30. The first-order valence-corrected chi connectivity index (χ1v) is 9.13. The molecule has 10 heteroatoms. The van der Waals surface area contributed by atoms with Gasteiger partial charge in [-0.05, 0) is 25.6 Å². The van der Waals surface area contributed by atoms with Gasteiger partial charge in [-0.15, -0.1) is 0 Å². The number of likely N-dealkylation sites (tertiary alicyclic amines) is 1. The number of rotatable bonds is 5. The van der Waals surface area contributed by atoms with E-state index in [1.807, 2.05) is 19.2 Å². The zero-order chi connectivity index (χ0) is 20.2. The largest absolute Gasteiger partial charge is 0.497 e. The van der Waals surface area contributed by atoms with E-state index in [0.717, 1.165) is 0 Å². The second-order valence-electron chi connectivity index (χ2n) is 6.80. The molecule has 0 saturated carbocycles. The number of carbonyl (C=O) groups excluding carboxylic acids is 1. The third-order valence-electron chi connectivity index (χ3n) is 4.76. The Bertz CT molecular complexity index is 979. The summed E-state index contributed by atoms with van der Waals surface area (Å²) in [7, 11) is 3.54. The number of likely N-dealkylation sites (N-methyl/N-ethyl adjacent to an activating group) is 1. The molecule has 29 heavy (non-hydrogen) atoms. The molecule has 1 aliphatic rings. The molecule has 0 aliphatic carbocycles. The highest BCUT2D eigenvalue weighted by atomic mass is 16.5. The summed E-state index contributed by atoms with van der Waals surface area (Å²) in [4.78, 5) is 26.8. The summed E-state index contributed by atoms with van der Waals surface area (Å²) in [5.74, 6) is 1.63. The summed E-state index contributed by atoms with van der Waals surface area (Å²) >= 11 is 0. The number of nitrogens with zero attached hydrogens (tertiary/aromatic N) is 5. The minimum Gasteiger partial charge on any atom is -0.497 e. The minimum atomic E-state index is -0.273. The summed E-state index contributed by atoms with van der Waals surface area (Å²) in [6.07, 6.45) is 5.37. The Kier molecular flexibility index (Phi) is 5.34. The van der Waals surface area contributed by atoms with Crippen molar-refractivity contribution in [1.29, 1.82) is 0 Å². The Morgan fingerprint density at radius 3 is 2.93 bits per heavy atom. The lowest BCUT2D eigenvalue weighted by atomic mass is 10.1. The smallest absolute Gasteiger partial charge is 0.319 e. The van der Waals surface area contributed by atoms with Crippen molar-refractivity contribution < 1.29 is 14.1 Å². The van der Waals surface area contributed by atoms with E-state index in [4.69, 9.17) is 9.26 Å². The molecule has 2 N–H and O–H groups in total. The highest BCUT2D eigenvalue weighted by molar-refractivity contribution is 5.89. The van der Waals surface area contributed by atoms with Crippen molar-refractivity contribution in [3.63, 3.8) is 0 Å². The molecule has 1 fully saturated rings. The predicted molar refractivity (Wildman–Crippen MR) is 104 cm³/mol. The number of ether oxygens (including phenoxy) is 1. The van der Waals surface area contributed by atoms with E-state index in [1.54, 1.807) is 31.6 Å². The molecule has 3 aromatic rings. The van der Waals surface area contributed by atoms with Gasteiger partial charge in [0.05, 0.1) is 18.7 Å². The number of nitrogens with one attached hydrogen (secondary N) is 2. The van der Waals surface area contributed by atoms with Crippen LogP contribution in [-0.2, 0) is 0 Å². The Labute approximate surface area is 167 Å². The number of urea groups is 1. The summed E-state index contributed by atoms with van der Waals surface area (Å²) in [5.41, 5.74) is 1.35. The first-order chi connectivity index (χ1) is 14.1. The molecular formula is C19H21N7O3. The summed E-state index contributed by atoms with van der Waals surface area (Å²) in [6.45, 7) is 0.669. The Morgan fingerprint density at radius 2 is 2.14 bits per heavy atom. The van der Waals surface area contributed by atoms with Gasteiger partial charge in [-0.25, -0.2) is 14.8 Å². The lowest BCUT2D eigenvalue weighted by molar-refractivity contribution is 0.243. The molecule has 0 bridgehead atoms. The van der Waals surface area contributed by atoms with E-state index in [9.17, 15) is 4.79 Å². The monoisotopic (exact) mass is 395 g/mol. The van der Waals surface area contributed by atoms with E-state index in [1.165, 1.54) is 6.33 Å². The number of hydrogen-bond acceptors (Lipinski definition) is 8. The first-order valence-electron chi connectivity index (χ1n) is 9.13. The lowest BCUT2D eigenvalue weighted by Crippen LogP contribution is -2.39. The minimum absolute atomic E-state index is 0.0500. The van der Waals surface area contributed by atoms with Crippen LogP contribution in [0.4, 0.5) is 10.5 Å². The average molecular weight is 395 g/mol. The number of benzene rings is 1. The van der Waals surface area contributed by atoms with Gasteiger partial charge in [0.2, 0.25) is 11.7 Å². The lowest BCUT2D eigenvalue weighted by Gasteiger charge is -2.14. The zero-order valence-electron chi connectivity index (χ0n) is 16.1. The molecule has 150 valence electrons. The van der Waals surface area contributed by atoms with Gasteiger partial charge >= 0.3 is 6.03 Å². The van der Waals surface area contributed by atoms with E-state index in [0.29, 0.717) is 41.7 Å². The number of carbonyl (C=O) groups is 1. The standard InChI is InChI=1S/C19H21N7O3/c1-26-10-14(23-19(27)22-13-4-3-5-15(6-13)28-2)7-16(26)18-24-17(25-29-18)12-8-20-11-21-9-12/h3-6,8-9,11,14,16H,7,10H2,1-2H3,(H2,22,23,27). The fourth-order valence-electron chi connectivity index (χ4n) is 3.35. The maximum atomic E-state index is 12.4. The second kappa shape index (κ2) is 8.23. The molecule has 2 aromatic heterocycles. The van der Waals surface area contributed by atoms with Crippen LogP contribution in [0, 0.1) is 0 Å². The number of anilines is 1. The van der Waals surface area contributed by atoms with Crippen LogP contribution in [0.5, 0.6) is 5.75 Å². The topological polar surface area (TPSA) is 118 Å². The van der Waals surface area contributed by atoms with Crippen molar-refractivity contribution in [3.05, 3.63) is 48.9 Å². The van der Waals surface area contributed by atoms with Crippen LogP contribution in [0.25, 0.3) is 11.4 Å². The molecule has 1 saturated heterocycles. The SMILES string of the molecule is COc1cccc(NC(=O)NC2CC(c3nc(-c4cncnc4)no3)N(C)C2)c1. The maximum absolute atomic E-state index is 12.4. The van der Waals surface area contributed by atoms with Gasteiger partial charge in [-0.1, -0.05) is 11.2 Å². The van der Waals surface area contributed by atoms with Gasteiger partial charge in [0.25, 0.3) is 0 Å². The summed E-state index contributed by atoms with van der Waals surface area (Å²) in [6, 6.07) is 6.80. The Morgan fingerprint density at radius 1 is 1.31 bits per heavy atom. The van der Waals surface area contributed by atoms with Crippen LogP contribution < -0.4 is 15.4 Å². The predicted octanol–water partition coefficient (Wildman–Crippen LogP) is 2.10. The van der Waals surface area contributed by atoms with Crippen LogP contribution in [0.2, 0.25) is 0 Å². The van der Waals surface area contributed by atoms with E-state index < -0.39 is 0 Å². The molecule has 1 aliphatic heterocycles. The van der Waals surface area contributed by atoms with Crippen molar-refractivity contribution in [2.45, 2.75) is 18.5 Å². The molecular weight excluding hydrogens is 374 g/mol. The highest BCUT2D eigenvalue weighted by Gasteiger charge is 2.35. The van der Waals surface area contributed by atoms with Crippen molar-refractivity contribution in [2.75, 3.05) is 26.0 Å².